The van der Waals surface area contributed by atoms with E-state index in [9.17, 15) is 0 Å². The number of benzene rings is 1. The number of halogens is 1. The van der Waals surface area contributed by atoms with E-state index in [-0.39, 0.29) is 29.4 Å². The summed E-state index contributed by atoms with van der Waals surface area (Å²) in [4.78, 5) is 4.31. The average Bonchev–Trinajstić information content (AvgIpc) is 2.59. The first kappa shape index (κ1) is 21.0. The summed E-state index contributed by atoms with van der Waals surface area (Å²) in [6.07, 6.45) is 2.01. The summed E-state index contributed by atoms with van der Waals surface area (Å²) in [5.74, 6) is 1.74. The van der Waals surface area contributed by atoms with Crippen LogP contribution >= 0.6 is 24.0 Å². The van der Waals surface area contributed by atoms with E-state index in [2.05, 4.69) is 41.6 Å². The maximum absolute atomic E-state index is 5.59. The van der Waals surface area contributed by atoms with Crippen LogP contribution in [0.2, 0.25) is 0 Å². The van der Waals surface area contributed by atoms with Gasteiger partial charge in [-0.25, -0.2) is 0 Å². The van der Waals surface area contributed by atoms with Crippen molar-refractivity contribution in [2.45, 2.75) is 38.1 Å². The van der Waals surface area contributed by atoms with Gasteiger partial charge in [0.15, 0.2) is 5.96 Å². The van der Waals surface area contributed by atoms with E-state index in [1.807, 2.05) is 19.2 Å². The fourth-order valence-corrected chi connectivity index (χ4v) is 3.00. The standard InChI is InChI=1S/C18H29N3O2.HI/c1-14(2)21-17(19-3)20-13-18(9-11-23-12-10-18)15-5-7-16(22-4)8-6-15;/h5-8,14H,9-13H2,1-4H3,(H2,19,20,21);1H. The molecule has 1 aromatic carbocycles. The summed E-state index contributed by atoms with van der Waals surface area (Å²) in [7, 11) is 3.50. The lowest BCUT2D eigenvalue weighted by molar-refractivity contribution is 0.0513. The average molecular weight is 447 g/mol. The molecule has 1 saturated heterocycles. The smallest absolute Gasteiger partial charge is 0.191 e. The molecule has 0 saturated carbocycles. The first-order chi connectivity index (χ1) is 11.1. The number of ether oxygens (including phenoxy) is 2. The zero-order valence-corrected chi connectivity index (χ0v) is 17.4. The van der Waals surface area contributed by atoms with Gasteiger partial charge in [0.1, 0.15) is 5.75 Å². The molecule has 0 aromatic heterocycles. The monoisotopic (exact) mass is 447 g/mol. The lowest BCUT2D eigenvalue weighted by atomic mass is 9.74. The molecule has 136 valence electrons. The van der Waals surface area contributed by atoms with Crippen molar-refractivity contribution in [1.82, 2.24) is 10.6 Å². The predicted molar refractivity (Wildman–Crippen MR) is 110 cm³/mol. The Morgan fingerprint density at radius 1 is 1.25 bits per heavy atom. The van der Waals surface area contributed by atoms with Gasteiger partial charge < -0.3 is 20.1 Å². The zero-order chi connectivity index (χ0) is 16.7. The summed E-state index contributed by atoms with van der Waals surface area (Å²) >= 11 is 0. The fourth-order valence-electron chi connectivity index (χ4n) is 3.00. The first-order valence-corrected chi connectivity index (χ1v) is 8.29. The van der Waals surface area contributed by atoms with E-state index < -0.39 is 0 Å². The van der Waals surface area contributed by atoms with Gasteiger partial charge in [0.2, 0.25) is 0 Å². The van der Waals surface area contributed by atoms with Crippen LogP contribution in [-0.2, 0) is 10.2 Å². The Morgan fingerprint density at radius 2 is 1.88 bits per heavy atom. The van der Waals surface area contributed by atoms with Crippen molar-refractivity contribution in [3.05, 3.63) is 29.8 Å². The molecule has 1 heterocycles. The molecule has 2 rings (SSSR count). The molecule has 0 radical (unpaired) electrons. The highest BCUT2D eigenvalue weighted by Gasteiger charge is 2.34. The number of methoxy groups -OCH3 is 1. The minimum absolute atomic E-state index is 0. The number of rotatable bonds is 5. The summed E-state index contributed by atoms with van der Waals surface area (Å²) in [5, 5.41) is 6.83. The molecule has 24 heavy (non-hydrogen) atoms. The Morgan fingerprint density at radius 3 is 2.38 bits per heavy atom. The Kier molecular flexibility index (Phi) is 8.83. The van der Waals surface area contributed by atoms with Crippen LogP contribution in [0.25, 0.3) is 0 Å². The Balaban J connectivity index is 0.00000288. The number of hydrogen-bond acceptors (Lipinski definition) is 3. The van der Waals surface area contributed by atoms with Gasteiger partial charge in [-0.2, -0.15) is 0 Å². The first-order valence-electron chi connectivity index (χ1n) is 8.29. The van der Waals surface area contributed by atoms with Crippen molar-refractivity contribution in [3.8, 4) is 5.75 Å². The van der Waals surface area contributed by atoms with Gasteiger partial charge in [-0.1, -0.05) is 12.1 Å². The van der Waals surface area contributed by atoms with Gasteiger partial charge in [0.25, 0.3) is 0 Å². The Labute approximate surface area is 162 Å². The van der Waals surface area contributed by atoms with Gasteiger partial charge in [-0.3, -0.25) is 4.99 Å². The highest BCUT2D eigenvalue weighted by Crippen LogP contribution is 2.35. The van der Waals surface area contributed by atoms with Crippen molar-refractivity contribution < 1.29 is 9.47 Å². The molecule has 1 aromatic rings. The molecule has 0 atom stereocenters. The Bertz CT molecular complexity index is 512. The third kappa shape index (κ3) is 5.51. The normalized spacial score (nSPS) is 17.1. The van der Waals surface area contributed by atoms with Crippen molar-refractivity contribution in [3.63, 3.8) is 0 Å². The van der Waals surface area contributed by atoms with Gasteiger partial charge >= 0.3 is 0 Å². The second kappa shape index (κ2) is 10.1. The molecule has 2 N–H and O–H groups in total. The van der Waals surface area contributed by atoms with Crippen molar-refractivity contribution in [1.29, 1.82) is 0 Å². The maximum atomic E-state index is 5.59. The van der Waals surface area contributed by atoms with Gasteiger partial charge in [-0.05, 0) is 44.4 Å². The number of aliphatic imine (C=N–C) groups is 1. The molecule has 0 amide bonds. The van der Waals surface area contributed by atoms with Crippen LogP contribution in [0.5, 0.6) is 5.75 Å². The van der Waals surface area contributed by atoms with E-state index in [1.54, 1.807) is 7.11 Å². The molecule has 0 unspecified atom stereocenters. The fraction of sp³-hybridized carbons (Fsp3) is 0.611. The topological polar surface area (TPSA) is 54.9 Å². The SMILES string of the molecule is CN=C(NCC1(c2ccc(OC)cc2)CCOCC1)NC(C)C.I. The number of nitrogens with one attached hydrogen (secondary N) is 2. The van der Waals surface area contributed by atoms with E-state index in [1.165, 1.54) is 5.56 Å². The van der Waals surface area contributed by atoms with E-state index in [0.29, 0.717) is 6.04 Å². The summed E-state index contributed by atoms with van der Waals surface area (Å²) < 4.78 is 10.9. The molecular weight excluding hydrogens is 417 g/mol. The number of nitrogens with zero attached hydrogens (tertiary/aromatic N) is 1. The largest absolute Gasteiger partial charge is 0.497 e. The van der Waals surface area contributed by atoms with Crippen LogP contribution in [0.1, 0.15) is 32.3 Å². The highest BCUT2D eigenvalue weighted by molar-refractivity contribution is 14.0. The molecule has 1 aliphatic rings. The van der Waals surface area contributed by atoms with E-state index >= 15 is 0 Å². The molecule has 0 aliphatic carbocycles. The predicted octanol–water partition coefficient (Wildman–Crippen LogP) is 2.93. The third-order valence-electron chi connectivity index (χ3n) is 4.40. The van der Waals surface area contributed by atoms with Crippen LogP contribution in [0, 0.1) is 0 Å². The quantitative estimate of drug-likeness (QED) is 0.414. The van der Waals surface area contributed by atoms with Gasteiger partial charge in [-0.15, -0.1) is 24.0 Å². The molecule has 0 bridgehead atoms. The van der Waals surface area contributed by atoms with Crippen LogP contribution in [0.4, 0.5) is 0 Å². The number of hydrogen-bond donors (Lipinski definition) is 2. The Hall–Kier alpha value is -1.02. The van der Waals surface area contributed by atoms with Crippen LogP contribution in [0.15, 0.2) is 29.3 Å². The molecule has 1 aliphatic heterocycles. The van der Waals surface area contributed by atoms with Crippen molar-refractivity contribution >= 4 is 29.9 Å². The van der Waals surface area contributed by atoms with E-state index in [4.69, 9.17) is 9.47 Å². The summed E-state index contributed by atoms with van der Waals surface area (Å²) in [6, 6.07) is 8.77. The number of guanidine groups is 1. The van der Waals surface area contributed by atoms with Gasteiger partial charge in [0.05, 0.1) is 7.11 Å². The minimum atomic E-state index is 0. The van der Waals surface area contributed by atoms with Crippen molar-refractivity contribution in [2.75, 3.05) is 33.9 Å². The zero-order valence-electron chi connectivity index (χ0n) is 15.1. The lowest BCUT2D eigenvalue weighted by Crippen LogP contribution is -2.49. The lowest BCUT2D eigenvalue weighted by Gasteiger charge is -2.38. The second-order valence-electron chi connectivity index (χ2n) is 6.35. The molecule has 1 fully saturated rings. The molecular formula is C18H30IN3O2. The van der Waals surface area contributed by atoms with E-state index in [0.717, 1.165) is 44.3 Å². The second-order valence-corrected chi connectivity index (χ2v) is 6.35. The summed E-state index contributed by atoms with van der Waals surface area (Å²) in [6.45, 7) is 6.66. The molecule has 6 heteroatoms. The van der Waals surface area contributed by atoms with Gasteiger partial charge in [0, 0.05) is 38.3 Å². The summed E-state index contributed by atoms with van der Waals surface area (Å²) in [5.41, 5.74) is 1.40. The maximum Gasteiger partial charge on any atom is 0.191 e. The van der Waals surface area contributed by atoms with Crippen LogP contribution in [-0.4, -0.2) is 45.9 Å². The van der Waals surface area contributed by atoms with Crippen molar-refractivity contribution in [2.24, 2.45) is 4.99 Å². The minimum Gasteiger partial charge on any atom is -0.497 e. The van der Waals surface area contributed by atoms with Crippen LogP contribution < -0.4 is 15.4 Å². The van der Waals surface area contributed by atoms with Crippen LogP contribution in [0.3, 0.4) is 0 Å². The molecule has 0 spiro atoms. The third-order valence-corrected chi connectivity index (χ3v) is 4.40. The highest BCUT2D eigenvalue weighted by atomic mass is 127. The molecule has 5 nitrogen and oxygen atoms in total.